The minimum absolute atomic E-state index is 0.241. The molecule has 0 amide bonds. The van der Waals surface area contributed by atoms with Gasteiger partial charge in [0.2, 0.25) is 0 Å². The fraction of sp³-hybridized carbons (Fsp3) is 0.333. The lowest BCUT2D eigenvalue weighted by molar-refractivity contribution is -0.388. The fourth-order valence-electron chi connectivity index (χ4n) is 1.38. The van der Waals surface area contributed by atoms with Crippen LogP contribution in [0.1, 0.15) is 16.7 Å². The van der Waals surface area contributed by atoms with Crippen LogP contribution in [0, 0.1) is 10.1 Å². The Labute approximate surface area is 110 Å². The van der Waals surface area contributed by atoms with Crippen molar-refractivity contribution in [1.82, 2.24) is 0 Å². The van der Waals surface area contributed by atoms with Gasteiger partial charge in [-0.3, -0.25) is 10.1 Å². The third-order valence-electron chi connectivity index (χ3n) is 2.17. The number of hydrogen-bond acceptors (Lipinski definition) is 2. The maximum atomic E-state index is 12.6. The molecule has 0 heterocycles. The van der Waals surface area contributed by atoms with Crippen LogP contribution < -0.4 is 0 Å². The predicted molar refractivity (Wildman–Crippen MR) is 55.7 cm³/mol. The number of hydrogen-bond donors (Lipinski definition) is 0. The summed E-state index contributed by atoms with van der Waals surface area (Å²) in [6, 6.07) is 0.0368. The summed E-state index contributed by atoms with van der Waals surface area (Å²) in [5, 5.41) is 10.0. The van der Waals surface area contributed by atoms with E-state index in [1.54, 1.807) is 0 Å². The molecular formula is C9H4BrF6NO2. The smallest absolute Gasteiger partial charge is 0.258 e. The van der Waals surface area contributed by atoms with Crippen molar-refractivity contribution in [3.05, 3.63) is 38.9 Å². The maximum Gasteiger partial charge on any atom is 0.423 e. The second-order valence-electron chi connectivity index (χ2n) is 3.41. The van der Waals surface area contributed by atoms with Crippen molar-refractivity contribution in [2.24, 2.45) is 0 Å². The van der Waals surface area contributed by atoms with Crippen molar-refractivity contribution >= 4 is 21.6 Å². The first-order chi connectivity index (χ1) is 8.48. The summed E-state index contributed by atoms with van der Waals surface area (Å²) in [4.78, 5) is 9.14. The van der Waals surface area contributed by atoms with Crippen molar-refractivity contribution in [2.75, 3.05) is 0 Å². The van der Waals surface area contributed by atoms with Crippen LogP contribution in [-0.4, -0.2) is 4.92 Å². The molecule has 1 rings (SSSR count). The highest BCUT2D eigenvalue weighted by molar-refractivity contribution is 9.08. The molecule has 3 nitrogen and oxygen atoms in total. The molecule has 0 spiro atoms. The molecule has 0 atom stereocenters. The molecule has 0 aliphatic rings. The number of rotatable bonds is 2. The van der Waals surface area contributed by atoms with Crippen LogP contribution in [0.5, 0.6) is 0 Å². The van der Waals surface area contributed by atoms with E-state index in [0.717, 1.165) is 0 Å². The molecule has 1 aromatic rings. The van der Waals surface area contributed by atoms with Gasteiger partial charge in [-0.15, -0.1) is 0 Å². The molecular weight excluding hydrogens is 348 g/mol. The summed E-state index contributed by atoms with van der Waals surface area (Å²) >= 11 is 2.66. The van der Waals surface area contributed by atoms with Crippen LogP contribution in [0.15, 0.2) is 12.1 Å². The Morgan fingerprint density at radius 1 is 1.05 bits per heavy atom. The van der Waals surface area contributed by atoms with Gasteiger partial charge in [0.25, 0.3) is 5.69 Å². The molecule has 1 aromatic carbocycles. The number of nitrogens with zero attached hydrogens (tertiary/aromatic N) is 1. The van der Waals surface area contributed by atoms with Crippen molar-refractivity contribution in [3.63, 3.8) is 0 Å². The normalized spacial score (nSPS) is 12.6. The molecule has 0 unspecified atom stereocenters. The van der Waals surface area contributed by atoms with Crippen LogP contribution in [0.4, 0.5) is 32.0 Å². The minimum Gasteiger partial charge on any atom is -0.258 e. The van der Waals surface area contributed by atoms with Crippen molar-refractivity contribution in [3.8, 4) is 0 Å². The summed E-state index contributed by atoms with van der Waals surface area (Å²) in [6.07, 6.45) is -10.3. The SMILES string of the molecule is O=[N+]([O-])c1cc(CBr)c(C(F)(F)F)cc1C(F)(F)F. The number of halogens is 7. The van der Waals surface area contributed by atoms with E-state index in [9.17, 15) is 36.5 Å². The highest BCUT2D eigenvalue weighted by Crippen LogP contribution is 2.42. The van der Waals surface area contributed by atoms with Crippen molar-refractivity contribution in [2.45, 2.75) is 17.7 Å². The fourth-order valence-corrected chi connectivity index (χ4v) is 1.85. The molecule has 0 aliphatic heterocycles. The first-order valence-electron chi connectivity index (χ1n) is 4.50. The standard InChI is InChI=1S/C9H4BrF6NO2/c10-3-4-1-7(17(18)19)6(9(14,15)16)2-5(4)8(11,12)13/h1-2H,3H2. The minimum atomic E-state index is -5.24. The van der Waals surface area contributed by atoms with Gasteiger partial charge in [-0.2, -0.15) is 26.3 Å². The Morgan fingerprint density at radius 3 is 1.84 bits per heavy atom. The van der Waals surface area contributed by atoms with E-state index in [-0.39, 0.29) is 12.1 Å². The van der Waals surface area contributed by atoms with Crippen LogP contribution >= 0.6 is 15.9 Å². The first-order valence-corrected chi connectivity index (χ1v) is 5.62. The second kappa shape index (κ2) is 4.99. The Bertz CT molecular complexity index is 511. The van der Waals surface area contributed by atoms with Gasteiger partial charge in [0.05, 0.1) is 10.5 Å². The molecule has 0 saturated carbocycles. The summed E-state index contributed by atoms with van der Waals surface area (Å²) in [7, 11) is 0. The third-order valence-corrected chi connectivity index (χ3v) is 2.78. The highest BCUT2D eigenvalue weighted by atomic mass is 79.9. The second-order valence-corrected chi connectivity index (χ2v) is 3.97. The van der Waals surface area contributed by atoms with E-state index in [1.165, 1.54) is 0 Å². The number of nitro benzene ring substituents is 1. The van der Waals surface area contributed by atoms with Gasteiger partial charge in [-0.25, -0.2) is 0 Å². The van der Waals surface area contributed by atoms with E-state index in [2.05, 4.69) is 15.9 Å². The van der Waals surface area contributed by atoms with Gasteiger partial charge in [0, 0.05) is 11.4 Å². The van der Waals surface area contributed by atoms with Gasteiger partial charge in [0.15, 0.2) is 0 Å². The lowest BCUT2D eigenvalue weighted by Crippen LogP contribution is -2.15. The zero-order chi connectivity index (χ0) is 15.0. The average Bonchev–Trinajstić information content (AvgIpc) is 2.24. The molecule has 0 aromatic heterocycles. The maximum absolute atomic E-state index is 12.6. The molecule has 0 N–H and O–H groups in total. The Hall–Kier alpha value is -1.32. The highest BCUT2D eigenvalue weighted by Gasteiger charge is 2.43. The van der Waals surface area contributed by atoms with Crippen LogP contribution in [0.2, 0.25) is 0 Å². The summed E-state index contributed by atoms with van der Waals surface area (Å²) in [5.41, 5.74) is -5.51. The van der Waals surface area contributed by atoms with E-state index in [4.69, 9.17) is 0 Å². The van der Waals surface area contributed by atoms with E-state index < -0.39 is 45.0 Å². The van der Waals surface area contributed by atoms with Crippen molar-refractivity contribution in [1.29, 1.82) is 0 Å². The molecule has 0 aliphatic carbocycles. The van der Waals surface area contributed by atoms with Gasteiger partial charge in [0.1, 0.15) is 5.56 Å². The molecule has 0 radical (unpaired) electrons. The van der Waals surface area contributed by atoms with E-state index in [1.807, 2.05) is 0 Å². The quantitative estimate of drug-likeness (QED) is 0.340. The third kappa shape index (κ3) is 3.37. The Kier molecular flexibility index (Phi) is 4.13. The lowest BCUT2D eigenvalue weighted by atomic mass is 10.0. The molecule has 106 valence electrons. The van der Waals surface area contributed by atoms with Gasteiger partial charge < -0.3 is 0 Å². The molecule has 10 heteroatoms. The van der Waals surface area contributed by atoms with Crippen LogP contribution in [0.25, 0.3) is 0 Å². The largest absolute Gasteiger partial charge is 0.423 e. The zero-order valence-corrected chi connectivity index (χ0v) is 10.4. The van der Waals surface area contributed by atoms with Crippen LogP contribution in [-0.2, 0) is 17.7 Å². The van der Waals surface area contributed by atoms with Gasteiger partial charge in [-0.1, -0.05) is 15.9 Å². The zero-order valence-electron chi connectivity index (χ0n) is 8.77. The number of alkyl halides is 7. The summed E-state index contributed by atoms with van der Waals surface area (Å²) in [5.74, 6) is 0. The Balaban J connectivity index is 3.67. The first kappa shape index (κ1) is 15.7. The van der Waals surface area contributed by atoms with E-state index >= 15 is 0 Å². The Morgan fingerprint density at radius 2 is 1.53 bits per heavy atom. The lowest BCUT2D eigenvalue weighted by Gasteiger charge is -2.15. The van der Waals surface area contributed by atoms with E-state index in [0.29, 0.717) is 0 Å². The van der Waals surface area contributed by atoms with Crippen LogP contribution in [0.3, 0.4) is 0 Å². The molecule has 0 saturated heterocycles. The average molecular weight is 352 g/mol. The molecule has 19 heavy (non-hydrogen) atoms. The van der Waals surface area contributed by atoms with Crippen molar-refractivity contribution < 1.29 is 31.3 Å². The van der Waals surface area contributed by atoms with Gasteiger partial charge >= 0.3 is 12.4 Å². The monoisotopic (exact) mass is 351 g/mol. The predicted octanol–water partition coefficient (Wildman–Crippen LogP) is 4.53. The summed E-state index contributed by atoms with van der Waals surface area (Å²) in [6.45, 7) is 0. The molecule has 0 bridgehead atoms. The number of nitro groups is 1. The topological polar surface area (TPSA) is 43.1 Å². The summed E-state index contributed by atoms with van der Waals surface area (Å²) < 4.78 is 75.3. The van der Waals surface area contributed by atoms with Gasteiger partial charge in [-0.05, 0) is 11.6 Å². The molecule has 0 fully saturated rings. The number of benzene rings is 1.